The van der Waals surface area contributed by atoms with Gasteiger partial charge in [0.1, 0.15) is 11.5 Å². The lowest BCUT2D eigenvalue weighted by Gasteiger charge is -2.15. The molecule has 2 aromatic carbocycles. The summed E-state index contributed by atoms with van der Waals surface area (Å²) >= 11 is 0. The Labute approximate surface area is 170 Å². The van der Waals surface area contributed by atoms with Gasteiger partial charge < -0.3 is 14.8 Å². The quantitative estimate of drug-likeness (QED) is 0.493. The molecule has 0 atom stereocenters. The van der Waals surface area contributed by atoms with Gasteiger partial charge in [0.2, 0.25) is 5.78 Å². The molecule has 2 heterocycles. The van der Waals surface area contributed by atoms with Gasteiger partial charge in [-0.25, -0.2) is 9.97 Å². The topological polar surface area (TPSA) is 60.7 Å². The van der Waals surface area contributed by atoms with Crippen molar-refractivity contribution in [2.24, 2.45) is 0 Å². The van der Waals surface area contributed by atoms with Crippen molar-refractivity contribution in [2.75, 3.05) is 12.4 Å². The van der Waals surface area contributed by atoms with Gasteiger partial charge in [-0.15, -0.1) is 0 Å². The van der Waals surface area contributed by atoms with Gasteiger partial charge in [-0.1, -0.05) is 30.3 Å². The van der Waals surface area contributed by atoms with Gasteiger partial charge in [0.05, 0.1) is 13.2 Å². The third kappa shape index (κ3) is 4.01. The molecule has 1 N–H and O–H groups in total. The number of anilines is 1. The molecule has 0 aliphatic rings. The predicted molar refractivity (Wildman–Crippen MR) is 115 cm³/mol. The molecule has 0 bridgehead atoms. The number of nitrogens with zero attached hydrogens (tertiary/aromatic N) is 3. The standard InChI is InChI=1S/C23H24N4O2/c1-16(2)29-19-11-10-18(14-20(19)28-3)21-22(25-15-17-8-5-4-6-9-17)27-13-7-12-24-23(27)26-21/h4-14,16,25H,15H2,1-3H3. The van der Waals surface area contributed by atoms with Crippen LogP contribution in [0, 0.1) is 0 Å². The van der Waals surface area contributed by atoms with Crippen LogP contribution < -0.4 is 14.8 Å². The average Bonchev–Trinajstić information content (AvgIpc) is 3.11. The molecule has 148 valence electrons. The van der Waals surface area contributed by atoms with Crippen molar-refractivity contribution in [3.05, 3.63) is 72.6 Å². The van der Waals surface area contributed by atoms with Crippen molar-refractivity contribution < 1.29 is 9.47 Å². The molecule has 4 rings (SSSR count). The van der Waals surface area contributed by atoms with E-state index >= 15 is 0 Å². The van der Waals surface area contributed by atoms with E-state index in [9.17, 15) is 0 Å². The molecular formula is C23H24N4O2. The number of fused-ring (bicyclic) bond motifs is 1. The highest BCUT2D eigenvalue weighted by molar-refractivity contribution is 5.77. The highest BCUT2D eigenvalue weighted by Crippen LogP contribution is 2.36. The number of rotatable bonds is 7. The van der Waals surface area contributed by atoms with E-state index in [4.69, 9.17) is 14.5 Å². The molecule has 0 saturated carbocycles. The lowest BCUT2D eigenvalue weighted by Crippen LogP contribution is -2.07. The third-order valence-electron chi connectivity index (χ3n) is 4.51. The molecule has 0 spiro atoms. The summed E-state index contributed by atoms with van der Waals surface area (Å²) in [5.74, 6) is 2.92. The summed E-state index contributed by atoms with van der Waals surface area (Å²) in [7, 11) is 1.64. The Morgan fingerprint density at radius 2 is 1.86 bits per heavy atom. The zero-order chi connectivity index (χ0) is 20.2. The predicted octanol–water partition coefficient (Wildman–Crippen LogP) is 4.80. The van der Waals surface area contributed by atoms with Gasteiger partial charge in [-0.05, 0) is 43.7 Å². The third-order valence-corrected chi connectivity index (χ3v) is 4.51. The van der Waals surface area contributed by atoms with Crippen LogP contribution in [0.25, 0.3) is 17.0 Å². The van der Waals surface area contributed by atoms with Crippen molar-refractivity contribution >= 4 is 11.6 Å². The Morgan fingerprint density at radius 1 is 1.03 bits per heavy atom. The smallest absolute Gasteiger partial charge is 0.235 e. The van der Waals surface area contributed by atoms with E-state index in [1.807, 2.05) is 66.9 Å². The number of aromatic nitrogens is 3. The van der Waals surface area contributed by atoms with E-state index in [1.54, 1.807) is 13.3 Å². The van der Waals surface area contributed by atoms with E-state index in [2.05, 4.69) is 22.4 Å². The van der Waals surface area contributed by atoms with Gasteiger partial charge >= 0.3 is 0 Å². The summed E-state index contributed by atoms with van der Waals surface area (Å²) < 4.78 is 13.4. The molecule has 0 amide bonds. The van der Waals surface area contributed by atoms with Crippen molar-refractivity contribution in [3.63, 3.8) is 0 Å². The van der Waals surface area contributed by atoms with E-state index in [-0.39, 0.29) is 6.10 Å². The fraction of sp³-hybridized carbons (Fsp3) is 0.217. The first-order valence-electron chi connectivity index (χ1n) is 9.61. The van der Waals surface area contributed by atoms with Crippen LogP contribution in [0.3, 0.4) is 0 Å². The highest BCUT2D eigenvalue weighted by atomic mass is 16.5. The van der Waals surface area contributed by atoms with Crippen LogP contribution in [-0.4, -0.2) is 27.6 Å². The van der Waals surface area contributed by atoms with Gasteiger partial charge in [0.25, 0.3) is 0 Å². The molecule has 0 aliphatic heterocycles. The molecule has 0 fully saturated rings. The summed E-state index contributed by atoms with van der Waals surface area (Å²) in [4.78, 5) is 9.15. The lowest BCUT2D eigenvalue weighted by molar-refractivity contribution is 0.230. The minimum absolute atomic E-state index is 0.0669. The van der Waals surface area contributed by atoms with E-state index in [0.717, 1.165) is 17.1 Å². The largest absolute Gasteiger partial charge is 0.493 e. The van der Waals surface area contributed by atoms with Crippen molar-refractivity contribution in [1.29, 1.82) is 0 Å². The van der Waals surface area contributed by atoms with Gasteiger partial charge in [0, 0.05) is 24.5 Å². The summed E-state index contributed by atoms with van der Waals surface area (Å²) in [5, 5.41) is 3.52. The molecular weight excluding hydrogens is 364 g/mol. The van der Waals surface area contributed by atoms with Gasteiger partial charge in [-0.2, -0.15) is 0 Å². The van der Waals surface area contributed by atoms with Crippen LogP contribution in [0.2, 0.25) is 0 Å². The molecule has 0 unspecified atom stereocenters. The normalized spacial score (nSPS) is 11.0. The van der Waals surface area contributed by atoms with Crippen LogP contribution in [0.15, 0.2) is 67.0 Å². The summed E-state index contributed by atoms with van der Waals surface area (Å²) in [6.07, 6.45) is 3.77. The molecule has 29 heavy (non-hydrogen) atoms. The SMILES string of the molecule is COc1cc(-c2nc3ncccn3c2NCc2ccccc2)ccc1OC(C)C. The second-order valence-corrected chi connectivity index (χ2v) is 6.97. The molecule has 0 saturated heterocycles. The van der Waals surface area contributed by atoms with Gasteiger partial charge in [-0.3, -0.25) is 4.40 Å². The summed E-state index contributed by atoms with van der Waals surface area (Å²) in [6.45, 7) is 4.67. The van der Waals surface area contributed by atoms with Crippen molar-refractivity contribution in [3.8, 4) is 22.8 Å². The van der Waals surface area contributed by atoms with Crippen molar-refractivity contribution in [2.45, 2.75) is 26.5 Å². The molecule has 2 aromatic heterocycles. The second kappa shape index (κ2) is 8.22. The minimum Gasteiger partial charge on any atom is -0.493 e. The number of imidazole rings is 1. The number of methoxy groups -OCH3 is 1. The van der Waals surface area contributed by atoms with E-state index in [1.165, 1.54) is 5.56 Å². The first kappa shape index (κ1) is 18.8. The van der Waals surface area contributed by atoms with Crippen LogP contribution in [0.4, 0.5) is 5.82 Å². The maximum Gasteiger partial charge on any atom is 0.235 e. The fourth-order valence-corrected chi connectivity index (χ4v) is 3.21. The summed E-state index contributed by atoms with van der Waals surface area (Å²) in [6, 6.07) is 18.0. The van der Waals surface area contributed by atoms with Crippen LogP contribution >= 0.6 is 0 Å². The molecule has 0 aliphatic carbocycles. The van der Waals surface area contributed by atoms with Crippen molar-refractivity contribution in [1.82, 2.24) is 14.4 Å². The van der Waals surface area contributed by atoms with E-state index in [0.29, 0.717) is 23.8 Å². The highest BCUT2D eigenvalue weighted by Gasteiger charge is 2.17. The maximum atomic E-state index is 5.84. The lowest BCUT2D eigenvalue weighted by atomic mass is 10.1. The van der Waals surface area contributed by atoms with E-state index < -0.39 is 0 Å². The zero-order valence-electron chi connectivity index (χ0n) is 16.8. The number of nitrogens with one attached hydrogen (secondary N) is 1. The van der Waals surface area contributed by atoms with Crippen LogP contribution in [0.5, 0.6) is 11.5 Å². The maximum absolute atomic E-state index is 5.84. The second-order valence-electron chi connectivity index (χ2n) is 6.97. The monoisotopic (exact) mass is 388 g/mol. The van der Waals surface area contributed by atoms with Crippen LogP contribution in [-0.2, 0) is 6.54 Å². The minimum atomic E-state index is 0.0669. The molecule has 6 nitrogen and oxygen atoms in total. The average molecular weight is 388 g/mol. The first-order chi connectivity index (χ1) is 14.2. The molecule has 6 heteroatoms. The van der Waals surface area contributed by atoms with Crippen LogP contribution in [0.1, 0.15) is 19.4 Å². The Hall–Kier alpha value is -3.54. The molecule has 4 aromatic rings. The number of benzene rings is 2. The zero-order valence-corrected chi connectivity index (χ0v) is 16.8. The summed E-state index contributed by atoms with van der Waals surface area (Å²) in [5.41, 5.74) is 2.93. The number of hydrogen-bond acceptors (Lipinski definition) is 5. The fourth-order valence-electron chi connectivity index (χ4n) is 3.21. The first-order valence-corrected chi connectivity index (χ1v) is 9.61. The Morgan fingerprint density at radius 3 is 2.62 bits per heavy atom. The Bertz CT molecular complexity index is 1110. The van der Waals surface area contributed by atoms with Gasteiger partial charge in [0.15, 0.2) is 11.5 Å². The number of hydrogen-bond donors (Lipinski definition) is 1. The Balaban J connectivity index is 1.75. The number of ether oxygens (including phenoxy) is 2. The molecule has 0 radical (unpaired) electrons. The Kier molecular flexibility index (Phi) is 5.33.